The maximum Gasteiger partial charge on any atom is 0.333 e. The smallest absolute Gasteiger partial charge is 0.333 e. The van der Waals surface area contributed by atoms with Gasteiger partial charge in [-0.25, -0.2) is 4.79 Å². The summed E-state index contributed by atoms with van der Waals surface area (Å²) in [6, 6.07) is 5.75. The van der Waals surface area contributed by atoms with E-state index in [0.717, 1.165) is 9.47 Å². The molecule has 1 saturated heterocycles. The molecule has 1 aromatic heterocycles. The summed E-state index contributed by atoms with van der Waals surface area (Å²) in [5.74, 6) is -0.956. The Balaban J connectivity index is 1.61. The Morgan fingerprint density at radius 1 is 1.16 bits per heavy atom. The normalized spacial score (nSPS) is 22.2. The Kier molecular flexibility index (Phi) is 5.66. The van der Waals surface area contributed by atoms with E-state index in [1.807, 2.05) is 0 Å². The number of hydrogen-bond acceptors (Lipinski definition) is 7. The number of amides is 2. The van der Waals surface area contributed by atoms with E-state index in [9.17, 15) is 24.3 Å². The molecule has 12 heteroatoms. The first-order valence-corrected chi connectivity index (χ1v) is 9.95. The Labute approximate surface area is 180 Å². The molecule has 0 bridgehead atoms. The van der Waals surface area contributed by atoms with Crippen molar-refractivity contribution in [3.8, 4) is 0 Å². The minimum absolute atomic E-state index is 0.144. The minimum atomic E-state index is -0.847. The molecule has 3 atom stereocenters. The third-order valence-corrected chi connectivity index (χ3v) is 5.69. The van der Waals surface area contributed by atoms with Crippen LogP contribution in [0.3, 0.4) is 0 Å². The van der Waals surface area contributed by atoms with Gasteiger partial charge in [0, 0.05) is 36.2 Å². The van der Waals surface area contributed by atoms with Gasteiger partial charge in [-0.2, -0.15) is 0 Å². The molecule has 2 amide bonds. The van der Waals surface area contributed by atoms with Crippen LogP contribution in [0.2, 0.25) is 0 Å². The van der Waals surface area contributed by atoms with Crippen LogP contribution >= 0.6 is 0 Å². The van der Waals surface area contributed by atoms with E-state index >= 15 is 0 Å². The van der Waals surface area contributed by atoms with Gasteiger partial charge >= 0.3 is 5.69 Å². The van der Waals surface area contributed by atoms with E-state index in [1.165, 1.54) is 17.7 Å². The van der Waals surface area contributed by atoms with Gasteiger partial charge in [-0.3, -0.25) is 28.4 Å². The van der Waals surface area contributed by atoms with Crippen molar-refractivity contribution in [3.05, 3.63) is 78.4 Å². The zero-order valence-electron chi connectivity index (χ0n) is 17.1. The lowest BCUT2D eigenvalue weighted by atomic mass is 10.1. The van der Waals surface area contributed by atoms with Crippen molar-refractivity contribution < 1.29 is 19.4 Å². The molecule has 32 heavy (non-hydrogen) atoms. The van der Waals surface area contributed by atoms with Crippen LogP contribution in [0.25, 0.3) is 10.4 Å². The van der Waals surface area contributed by atoms with E-state index < -0.39 is 48.0 Å². The van der Waals surface area contributed by atoms with Gasteiger partial charge in [-0.15, -0.1) is 0 Å². The maximum absolute atomic E-state index is 13.1. The van der Waals surface area contributed by atoms with Crippen LogP contribution in [0.1, 0.15) is 38.9 Å². The summed E-state index contributed by atoms with van der Waals surface area (Å²) in [4.78, 5) is 54.6. The summed E-state index contributed by atoms with van der Waals surface area (Å²) in [5, 5.41) is 13.1. The number of azide groups is 1. The van der Waals surface area contributed by atoms with E-state index in [1.54, 1.807) is 24.3 Å². The highest BCUT2D eigenvalue weighted by Crippen LogP contribution is 2.30. The molecule has 1 N–H and O–H groups in total. The SMILES string of the molecule is Cc1cn([C@H]2C[C@H](N=[N+]=[N-])[C@@H](CO)O2)c(=O)n(CCN2C(=O)c3ccccc3C2=O)c1=O. The predicted molar refractivity (Wildman–Crippen MR) is 110 cm³/mol. The van der Waals surface area contributed by atoms with Gasteiger partial charge < -0.3 is 9.84 Å². The second-order valence-corrected chi connectivity index (χ2v) is 7.59. The van der Waals surface area contributed by atoms with Crippen molar-refractivity contribution in [3.63, 3.8) is 0 Å². The van der Waals surface area contributed by atoms with E-state index in [-0.39, 0.29) is 36.2 Å². The number of aryl methyl sites for hydroxylation is 1. The molecule has 1 fully saturated rings. The van der Waals surface area contributed by atoms with Crippen molar-refractivity contribution in [2.24, 2.45) is 5.11 Å². The first kappa shape index (κ1) is 21.5. The molecule has 3 heterocycles. The molecule has 0 aliphatic carbocycles. The van der Waals surface area contributed by atoms with Crippen molar-refractivity contribution >= 4 is 11.8 Å². The molecule has 12 nitrogen and oxygen atoms in total. The summed E-state index contributed by atoms with van der Waals surface area (Å²) in [6.07, 6.45) is -0.131. The zero-order chi connectivity index (χ0) is 23.0. The number of hydrogen-bond donors (Lipinski definition) is 1. The average molecular weight is 440 g/mol. The number of fused-ring (bicyclic) bond motifs is 1. The molecule has 0 spiro atoms. The molecule has 166 valence electrons. The Hall–Kier alpha value is -3.73. The topological polar surface area (TPSA) is 160 Å². The Morgan fingerprint density at radius 2 is 1.81 bits per heavy atom. The van der Waals surface area contributed by atoms with Gasteiger partial charge in [-0.05, 0) is 24.6 Å². The number of aliphatic hydroxyl groups excluding tert-OH is 1. The standard InChI is InChI=1S/C20H20N6O6/c1-11-9-26(16-8-14(22-23-21)15(10-27)32-16)20(31)25(17(11)28)7-6-24-18(29)12-4-2-3-5-13(12)19(24)30/h2-5,9,14-16,27H,6-8,10H2,1H3/t14-,15+,16+/m0/s1. The fraction of sp³-hybridized carbons (Fsp3) is 0.400. The zero-order valence-corrected chi connectivity index (χ0v) is 17.1. The number of nitrogens with zero attached hydrogens (tertiary/aromatic N) is 6. The van der Waals surface area contributed by atoms with Gasteiger partial charge in [0.2, 0.25) is 0 Å². The lowest BCUT2D eigenvalue weighted by Crippen LogP contribution is -2.45. The van der Waals surface area contributed by atoms with Crippen LogP contribution in [0, 0.1) is 6.92 Å². The first-order valence-electron chi connectivity index (χ1n) is 9.95. The Bertz CT molecular complexity index is 1220. The van der Waals surface area contributed by atoms with Crippen LogP contribution in [0.15, 0.2) is 45.2 Å². The van der Waals surface area contributed by atoms with Gasteiger partial charge in [-0.1, -0.05) is 17.2 Å². The largest absolute Gasteiger partial charge is 0.394 e. The summed E-state index contributed by atoms with van der Waals surface area (Å²) >= 11 is 0. The summed E-state index contributed by atoms with van der Waals surface area (Å²) in [5.41, 5.74) is 8.28. The number of rotatable bonds is 6. The summed E-state index contributed by atoms with van der Waals surface area (Å²) in [6.45, 7) is 0.783. The summed E-state index contributed by atoms with van der Waals surface area (Å²) in [7, 11) is 0. The fourth-order valence-corrected chi connectivity index (χ4v) is 4.04. The molecule has 2 aliphatic rings. The van der Waals surface area contributed by atoms with Crippen molar-refractivity contribution in [2.45, 2.75) is 38.3 Å². The maximum atomic E-state index is 13.1. The third-order valence-electron chi connectivity index (χ3n) is 5.69. The monoisotopic (exact) mass is 440 g/mol. The molecule has 2 aliphatic heterocycles. The highest BCUT2D eigenvalue weighted by molar-refractivity contribution is 6.21. The van der Waals surface area contributed by atoms with Gasteiger partial charge in [0.05, 0.1) is 29.9 Å². The average Bonchev–Trinajstić information content (AvgIpc) is 3.30. The van der Waals surface area contributed by atoms with E-state index in [0.29, 0.717) is 0 Å². The van der Waals surface area contributed by atoms with Gasteiger partial charge in [0.1, 0.15) is 6.23 Å². The van der Waals surface area contributed by atoms with E-state index in [4.69, 9.17) is 10.3 Å². The van der Waals surface area contributed by atoms with Gasteiger partial charge in [0.25, 0.3) is 17.4 Å². The van der Waals surface area contributed by atoms with Crippen LogP contribution in [-0.4, -0.2) is 56.3 Å². The molecular formula is C20H20N6O6. The molecular weight excluding hydrogens is 420 g/mol. The lowest BCUT2D eigenvalue weighted by molar-refractivity contribution is -0.0278. The van der Waals surface area contributed by atoms with Crippen LogP contribution in [0.5, 0.6) is 0 Å². The number of aliphatic hydroxyl groups is 1. The van der Waals surface area contributed by atoms with Crippen LogP contribution < -0.4 is 11.2 Å². The van der Waals surface area contributed by atoms with E-state index in [2.05, 4.69) is 10.0 Å². The number of carbonyl (C=O) groups is 2. The second kappa shape index (κ2) is 8.42. The molecule has 2 aromatic rings. The predicted octanol–water partition coefficient (Wildman–Crippen LogP) is 0.573. The van der Waals surface area contributed by atoms with Crippen LogP contribution in [0.4, 0.5) is 0 Å². The lowest BCUT2D eigenvalue weighted by Gasteiger charge is -2.19. The number of imide groups is 1. The number of carbonyl (C=O) groups excluding carboxylic acids is 2. The first-order chi connectivity index (χ1) is 15.4. The highest BCUT2D eigenvalue weighted by Gasteiger charge is 2.37. The van der Waals surface area contributed by atoms with Crippen molar-refractivity contribution in [1.82, 2.24) is 14.0 Å². The molecule has 1 aromatic carbocycles. The second-order valence-electron chi connectivity index (χ2n) is 7.59. The van der Waals surface area contributed by atoms with Crippen molar-refractivity contribution in [1.29, 1.82) is 0 Å². The number of benzene rings is 1. The molecule has 4 rings (SSSR count). The minimum Gasteiger partial charge on any atom is -0.394 e. The quantitative estimate of drug-likeness (QED) is 0.299. The molecule has 0 saturated carbocycles. The fourth-order valence-electron chi connectivity index (χ4n) is 4.04. The third kappa shape index (κ3) is 3.50. The summed E-state index contributed by atoms with van der Waals surface area (Å²) < 4.78 is 7.81. The molecule has 0 unspecified atom stereocenters. The van der Waals surface area contributed by atoms with Crippen LogP contribution in [-0.2, 0) is 11.3 Å². The van der Waals surface area contributed by atoms with Gasteiger partial charge in [0.15, 0.2) is 0 Å². The number of aromatic nitrogens is 2. The van der Waals surface area contributed by atoms with Crippen molar-refractivity contribution in [2.75, 3.05) is 13.2 Å². The molecule has 0 radical (unpaired) electrons. The Morgan fingerprint density at radius 3 is 2.41 bits per heavy atom. The number of ether oxygens (including phenoxy) is 1. The highest BCUT2D eigenvalue weighted by atomic mass is 16.5.